The highest BCUT2D eigenvalue weighted by molar-refractivity contribution is 5.91. The van der Waals surface area contributed by atoms with Crippen LogP contribution in [-0.4, -0.2) is 56.0 Å². The summed E-state index contributed by atoms with van der Waals surface area (Å²) < 4.78 is 5.14. The topological polar surface area (TPSA) is 63.1 Å². The lowest BCUT2D eigenvalue weighted by Crippen LogP contribution is -3.14. The quantitative estimate of drug-likeness (QED) is 0.748. The van der Waals surface area contributed by atoms with Crippen LogP contribution in [0.5, 0.6) is 5.75 Å². The molecule has 2 N–H and O–H groups in total. The standard InChI is InChI=1S/C22H33N3O3/c1-3-24(15-21(26)23-18-10-12-19(28-2)13-11-18)16-22(27)25-14-6-8-17-7-4-5-9-20(17)25/h10-13,17,20H,3-9,14-16H2,1-2H3,(H,23,26)/p+1/t17-,20+/m1/s1. The summed E-state index contributed by atoms with van der Waals surface area (Å²) in [6.45, 7) is 4.37. The first-order valence-corrected chi connectivity index (χ1v) is 10.7. The number of methoxy groups -OCH3 is 1. The van der Waals surface area contributed by atoms with Crippen LogP contribution in [0.2, 0.25) is 0 Å². The molecule has 0 bridgehead atoms. The number of quaternary nitrogens is 1. The highest BCUT2D eigenvalue weighted by atomic mass is 16.5. The number of nitrogens with one attached hydrogen (secondary N) is 2. The van der Waals surface area contributed by atoms with Gasteiger partial charge in [-0.1, -0.05) is 12.8 Å². The van der Waals surface area contributed by atoms with E-state index < -0.39 is 0 Å². The van der Waals surface area contributed by atoms with Crippen molar-refractivity contribution < 1.29 is 19.2 Å². The van der Waals surface area contributed by atoms with E-state index in [0.29, 0.717) is 25.0 Å². The predicted molar refractivity (Wildman–Crippen MR) is 110 cm³/mol. The van der Waals surface area contributed by atoms with Crippen LogP contribution in [0.1, 0.15) is 45.4 Å². The zero-order valence-corrected chi connectivity index (χ0v) is 17.2. The smallest absolute Gasteiger partial charge is 0.279 e. The van der Waals surface area contributed by atoms with Crippen LogP contribution >= 0.6 is 0 Å². The molecule has 2 aliphatic rings. The van der Waals surface area contributed by atoms with Gasteiger partial charge in [-0.05, 0) is 62.8 Å². The van der Waals surface area contributed by atoms with Gasteiger partial charge in [0.05, 0.1) is 13.7 Å². The van der Waals surface area contributed by atoms with Gasteiger partial charge in [-0.2, -0.15) is 0 Å². The van der Waals surface area contributed by atoms with Crippen LogP contribution in [0.4, 0.5) is 5.69 Å². The second-order valence-corrected chi connectivity index (χ2v) is 8.08. The lowest BCUT2D eigenvalue weighted by molar-refractivity contribution is -0.882. The van der Waals surface area contributed by atoms with Gasteiger partial charge in [0.25, 0.3) is 11.8 Å². The van der Waals surface area contributed by atoms with Gasteiger partial charge < -0.3 is 19.9 Å². The molecule has 1 aromatic carbocycles. The Morgan fingerprint density at radius 3 is 2.54 bits per heavy atom. The molecule has 6 nitrogen and oxygen atoms in total. The molecule has 28 heavy (non-hydrogen) atoms. The minimum Gasteiger partial charge on any atom is -0.497 e. The number of likely N-dealkylation sites (tertiary alicyclic amines) is 1. The highest BCUT2D eigenvalue weighted by Crippen LogP contribution is 2.35. The van der Waals surface area contributed by atoms with Crippen LogP contribution in [0.15, 0.2) is 24.3 Å². The second-order valence-electron chi connectivity index (χ2n) is 8.08. The van der Waals surface area contributed by atoms with Crippen molar-refractivity contribution in [3.63, 3.8) is 0 Å². The Hall–Kier alpha value is -2.08. The zero-order chi connectivity index (χ0) is 19.9. The van der Waals surface area contributed by atoms with E-state index >= 15 is 0 Å². The summed E-state index contributed by atoms with van der Waals surface area (Å²) in [6.07, 6.45) is 7.34. The van der Waals surface area contributed by atoms with Crippen LogP contribution in [0.25, 0.3) is 0 Å². The number of hydrogen-bond donors (Lipinski definition) is 2. The van der Waals surface area contributed by atoms with E-state index in [1.54, 1.807) is 7.11 Å². The summed E-state index contributed by atoms with van der Waals surface area (Å²) in [5.41, 5.74) is 0.744. The maximum Gasteiger partial charge on any atom is 0.279 e. The Morgan fingerprint density at radius 1 is 1.11 bits per heavy atom. The minimum atomic E-state index is -0.0657. The molecule has 2 amide bonds. The van der Waals surface area contributed by atoms with Gasteiger partial charge >= 0.3 is 0 Å². The van der Waals surface area contributed by atoms with Gasteiger partial charge in [-0.15, -0.1) is 0 Å². The van der Waals surface area contributed by atoms with E-state index in [1.807, 2.05) is 31.2 Å². The summed E-state index contributed by atoms with van der Waals surface area (Å²) in [5, 5.41) is 2.92. The molecular weight excluding hydrogens is 354 g/mol. The monoisotopic (exact) mass is 388 g/mol. The minimum absolute atomic E-state index is 0.0657. The predicted octanol–water partition coefficient (Wildman–Crippen LogP) is 1.72. The molecule has 1 heterocycles. The van der Waals surface area contributed by atoms with Crippen molar-refractivity contribution in [2.75, 3.05) is 38.6 Å². The fourth-order valence-electron chi connectivity index (χ4n) is 4.67. The van der Waals surface area contributed by atoms with Crippen LogP contribution < -0.4 is 15.0 Å². The molecule has 1 saturated heterocycles. The van der Waals surface area contributed by atoms with Crippen LogP contribution in [0, 0.1) is 5.92 Å². The van der Waals surface area contributed by atoms with Crippen molar-refractivity contribution in [3.8, 4) is 5.75 Å². The molecular formula is C22H34N3O3+. The fourth-order valence-corrected chi connectivity index (χ4v) is 4.67. The van der Waals surface area contributed by atoms with Gasteiger partial charge in [0, 0.05) is 18.3 Å². The molecule has 2 fully saturated rings. The number of anilines is 1. The molecule has 1 aliphatic carbocycles. The first kappa shape index (κ1) is 20.6. The maximum absolute atomic E-state index is 13.0. The molecule has 0 aromatic heterocycles. The van der Waals surface area contributed by atoms with Crippen LogP contribution in [0.3, 0.4) is 0 Å². The van der Waals surface area contributed by atoms with Gasteiger partial charge in [0.2, 0.25) is 0 Å². The number of rotatable bonds is 7. The SMILES string of the molecule is CC[NH+](CC(=O)Nc1ccc(OC)cc1)CC(=O)N1CCC[C@H]2CCCC[C@@H]21. The number of fused-ring (bicyclic) bond motifs is 1. The van der Waals surface area contributed by atoms with Crippen molar-refractivity contribution in [3.05, 3.63) is 24.3 Å². The van der Waals surface area contributed by atoms with E-state index in [2.05, 4.69) is 10.2 Å². The fraction of sp³-hybridized carbons (Fsp3) is 0.636. The van der Waals surface area contributed by atoms with E-state index in [4.69, 9.17) is 4.74 Å². The summed E-state index contributed by atoms with van der Waals surface area (Å²) in [4.78, 5) is 28.6. The van der Waals surface area contributed by atoms with Gasteiger partial charge in [-0.3, -0.25) is 9.59 Å². The molecule has 0 spiro atoms. The Bertz CT molecular complexity index is 659. The molecule has 1 saturated carbocycles. The summed E-state index contributed by atoms with van der Waals surface area (Å²) in [7, 11) is 1.62. The number of piperidine rings is 1. The third kappa shape index (κ3) is 5.25. The molecule has 3 rings (SSSR count). The Balaban J connectivity index is 1.52. The molecule has 1 aliphatic heterocycles. The van der Waals surface area contributed by atoms with E-state index in [-0.39, 0.29) is 11.8 Å². The lowest BCUT2D eigenvalue weighted by atomic mass is 9.78. The van der Waals surface area contributed by atoms with E-state index in [0.717, 1.165) is 42.3 Å². The number of carbonyl (C=O) groups is 2. The number of ether oxygens (including phenoxy) is 1. The molecule has 1 unspecified atom stereocenters. The number of nitrogens with zero attached hydrogens (tertiary/aromatic N) is 1. The summed E-state index contributed by atoms with van der Waals surface area (Å²) in [6, 6.07) is 7.72. The average molecular weight is 389 g/mol. The highest BCUT2D eigenvalue weighted by Gasteiger charge is 2.36. The Kier molecular flexibility index (Phi) is 7.31. The van der Waals surface area contributed by atoms with Crippen molar-refractivity contribution >= 4 is 17.5 Å². The Morgan fingerprint density at radius 2 is 1.82 bits per heavy atom. The van der Waals surface area contributed by atoms with Gasteiger partial charge in [0.15, 0.2) is 13.1 Å². The number of carbonyl (C=O) groups excluding carboxylic acids is 2. The summed E-state index contributed by atoms with van der Waals surface area (Å²) >= 11 is 0. The zero-order valence-electron chi connectivity index (χ0n) is 17.2. The van der Waals surface area contributed by atoms with Gasteiger partial charge in [0.1, 0.15) is 5.75 Å². The second kappa shape index (κ2) is 9.92. The van der Waals surface area contributed by atoms with Crippen LogP contribution in [-0.2, 0) is 9.59 Å². The lowest BCUT2D eigenvalue weighted by Gasteiger charge is -2.44. The first-order chi connectivity index (χ1) is 13.6. The van der Waals surface area contributed by atoms with Crippen molar-refractivity contribution in [2.45, 2.75) is 51.5 Å². The number of hydrogen-bond acceptors (Lipinski definition) is 3. The largest absolute Gasteiger partial charge is 0.497 e. The van der Waals surface area contributed by atoms with Gasteiger partial charge in [-0.25, -0.2) is 0 Å². The first-order valence-electron chi connectivity index (χ1n) is 10.7. The molecule has 6 heteroatoms. The number of benzene rings is 1. The van der Waals surface area contributed by atoms with Crippen molar-refractivity contribution in [2.24, 2.45) is 5.92 Å². The van der Waals surface area contributed by atoms with Crippen molar-refractivity contribution in [1.29, 1.82) is 0 Å². The molecule has 154 valence electrons. The third-order valence-corrected chi connectivity index (χ3v) is 6.25. The average Bonchev–Trinajstić information content (AvgIpc) is 2.73. The normalized spacial score (nSPS) is 22.9. The Labute approximate surface area is 168 Å². The maximum atomic E-state index is 13.0. The van der Waals surface area contributed by atoms with E-state index in [1.165, 1.54) is 25.7 Å². The number of amides is 2. The van der Waals surface area contributed by atoms with E-state index in [9.17, 15) is 9.59 Å². The molecule has 3 atom stereocenters. The summed E-state index contributed by atoms with van der Waals surface area (Å²) in [5.74, 6) is 1.59. The molecule has 0 radical (unpaired) electrons. The number of likely N-dealkylation sites (N-methyl/N-ethyl adjacent to an activating group) is 1. The third-order valence-electron chi connectivity index (χ3n) is 6.25. The van der Waals surface area contributed by atoms with Crippen molar-refractivity contribution in [1.82, 2.24) is 4.90 Å². The molecule has 1 aromatic rings.